The first-order chi connectivity index (χ1) is 12.2. The van der Waals surface area contributed by atoms with Crippen LogP contribution in [0.25, 0.3) is 0 Å². The third-order valence-electron chi connectivity index (χ3n) is 5.79. The van der Waals surface area contributed by atoms with Crippen molar-refractivity contribution in [2.45, 2.75) is 38.5 Å². The van der Waals surface area contributed by atoms with E-state index in [1.165, 1.54) is 0 Å². The van der Waals surface area contributed by atoms with Crippen molar-refractivity contribution in [3.05, 3.63) is 65.7 Å². The molecule has 0 saturated carbocycles. The number of para-hydroxylation sites is 1. The van der Waals surface area contributed by atoms with Crippen LogP contribution in [-0.4, -0.2) is 17.0 Å². The minimum atomic E-state index is -0.939. The highest BCUT2D eigenvalue weighted by Gasteiger charge is 2.56. The first-order valence-corrected chi connectivity index (χ1v) is 8.86. The highest BCUT2D eigenvalue weighted by atomic mass is 16.4. The Kier molecular flexibility index (Phi) is 4.39. The molecule has 0 spiro atoms. The second-order valence-electron chi connectivity index (χ2n) is 8.14. The van der Waals surface area contributed by atoms with Crippen molar-refractivity contribution < 1.29 is 14.7 Å². The fraction of sp³-hybridized carbons (Fsp3) is 0.364. The molecule has 0 saturated heterocycles. The number of amides is 1. The number of nitrogens with one attached hydrogen (secondary N) is 1. The first-order valence-electron chi connectivity index (χ1n) is 8.86. The van der Waals surface area contributed by atoms with Crippen LogP contribution < -0.4 is 5.32 Å². The van der Waals surface area contributed by atoms with Crippen LogP contribution in [0.5, 0.6) is 0 Å². The molecule has 1 amide bonds. The van der Waals surface area contributed by atoms with Crippen molar-refractivity contribution in [3.63, 3.8) is 0 Å². The summed E-state index contributed by atoms with van der Waals surface area (Å²) in [5.74, 6) is -2.71. The van der Waals surface area contributed by atoms with Crippen molar-refractivity contribution in [1.29, 1.82) is 0 Å². The highest BCUT2D eigenvalue weighted by molar-refractivity contribution is 5.97. The molecule has 0 aromatic heterocycles. The third kappa shape index (κ3) is 2.79. The molecule has 2 aromatic rings. The SMILES string of the molecule is CC1(C)c2ccccc2C(C)(C)C(C(=O)Nc2ccccc2)C1C(=O)O. The largest absolute Gasteiger partial charge is 0.481 e. The van der Waals surface area contributed by atoms with Gasteiger partial charge in [-0.25, -0.2) is 0 Å². The molecule has 2 atom stereocenters. The van der Waals surface area contributed by atoms with E-state index >= 15 is 0 Å². The van der Waals surface area contributed by atoms with Crippen LogP contribution in [0.2, 0.25) is 0 Å². The highest BCUT2D eigenvalue weighted by Crippen LogP contribution is 2.53. The lowest BCUT2D eigenvalue weighted by Crippen LogP contribution is -2.56. The molecule has 4 heteroatoms. The lowest BCUT2D eigenvalue weighted by molar-refractivity contribution is -0.152. The fourth-order valence-corrected chi connectivity index (χ4v) is 4.45. The van der Waals surface area contributed by atoms with E-state index in [-0.39, 0.29) is 5.91 Å². The van der Waals surface area contributed by atoms with Gasteiger partial charge in [-0.3, -0.25) is 9.59 Å². The summed E-state index contributed by atoms with van der Waals surface area (Å²) in [5, 5.41) is 13.0. The average Bonchev–Trinajstić information content (AvgIpc) is 2.58. The number of aliphatic carboxylic acids is 1. The third-order valence-corrected chi connectivity index (χ3v) is 5.79. The number of carbonyl (C=O) groups is 2. The van der Waals surface area contributed by atoms with E-state index in [0.717, 1.165) is 11.1 Å². The predicted molar refractivity (Wildman–Crippen MR) is 102 cm³/mol. The Morgan fingerprint density at radius 1 is 0.808 bits per heavy atom. The molecule has 0 fully saturated rings. The summed E-state index contributed by atoms with van der Waals surface area (Å²) in [6, 6.07) is 17.1. The molecule has 3 rings (SSSR count). The second kappa shape index (κ2) is 6.27. The van der Waals surface area contributed by atoms with E-state index in [2.05, 4.69) is 5.32 Å². The van der Waals surface area contributed by atoms with Crippen LogP contribution in [0.4, 0.5) is 5.69 Å². The second-order valence-corrected chi connectivity index (χ2v) is 8.14. The summed E-state index contributed by atoms with van der Waals surface area (Å²) in [6.07, 6.45) is 0. The smallest absolute Gasteiger partial charge is 0.308 e. The quantitative estimate of drug-likeness (QED) is 0.870. The van der Waals surface area contributed by atoms with Gasteiger partial charge in [0.25, 0.3) is 0 Å². The Balaban J connectivity index is 2.12. The number of benzene rings is 2. The molecule has 1 aliphatic rings. The molecule has 2 aromatic carbocycles. The molecule has 0 aliphatic heterocycles. The number of rotatable bonds is 3. The number of carbonyl (C=O) groups excluding carboxylic acids is 1. The molecule has 4 nitrogen and oxygen atoms in total. The molecule has 26 heavy (non-hydrogen) atoms. The number of carboxylic acids is 1. The number of fused-ring (bicyclic) bond motifs is 1. The van der Waals surface area contributed by atoms with Gasteiger partial charge in [0.2, 0.25) is 5.91 Å². The summed E-state index contributed by atoms with van der Waals surface area (Å²) in [4.78, 5) is 25.5. The van der Waals surface area contributed by atoms with Crippen LogP contribution in [0.3, 0.4) is 0 Å². The Labute approximate surface area is 154 Å². The number of hydrogen-bond acceptors (Lipinski definition) is 2. The molecule has 0 radical (unpaired) electrons. The van der Waals surface area contributed by atoms with Crippen LogP contribution in [-0.2, 0) is 20.4 Å². The van der Waals surface area contributed by atoms with E-state index in [0.29, 0.717) is 5.69 Å². The standard InChI is InChI=1S/C22H25NO3/c1-21(2)15-12-8-9-13-16(15)22(3,4)18(20(25)26)17(21)19(24)23-14-10-6-5-7-11-14/h5-13,17-18H,1-4H3,(H,23,24)(H,25,26). The predicted octanol–water partition coefficient (Wildman–Crippen LogP) is 4.21. The maximum Gasteiger partial charge on any atom is 0.308 e. The Bertz CT molecular complexity index is 839. The van der Waals surface area contributed by atoms with Crippen LogP contribution >= 0.6 is 0 Å². The topological polar surface area (TPSA) is 66.4 Å². The van der Waals surface area contributed by atoms with E-state index in [1.54, 1.807) is 0 Å². The van der Waals surface area contributed by atoms with E-state index in [1.807, 2.05) is 82.3 Å². The van der Waals surface area contributed by atoms with Gasteiger partial charge in [-0.05, 0) is 23.3 Å². The minimum Gasteiger partial charge on any atom is -0.481 e. The Hall–Kier alpha value is -2.62. The van der Waals surface area contributed by atoms with Crippen LogP contribution in [0.15, 0.2) is 54.6 Å². The normalized spacial score (nSPS) is 22.9. The molecular weight excluding hydrogens is 326 g/mol. The molecule has 2 unspecified atom stereocenters. The van der Waals surface area contributed by atoms with E-state index in [4.69, 9.17) is 0 Å². The molecule has 136 valence electrons. The number of carboxylic acid groups (broad SMARTS) is 1. The fourth-order valence-electron chi connectivity index (χ4n) is 4.45. The zero-order chi connectivity index (χ0) is 19.1. The summed E-state index contributed by atoms with van der Waals surface area (Å²) < 4.78 is 0. The van der Waals surface area contributed by atoms with Crippen LogP contribution in [0, 0.1) is 11.8 Å². The summed E-state index contributed by atoms with van der Waals surface area (Å²) in [7, 11) is 0. The van der Waals surface area contributed by atoms with Gasteiger partial charge in [-0.2, -0.15) is 0 Å². The van der Waals surface area contributed by atoms with Crippen molar-refractivity contribution in [1.82, 2.24) is 0 Å². The van der Waals surface area contributed by atoms with E-state index in [9.17, 15) is 14.7 Å². The number of hydrogen-bond donors (Lipinski definition) is 2. The van der Waals surface area contributed by atoms with Gasteiger partial charge < -0.3 is 10.4 Å². The van der Waals surface area contributed by atoms with Gasteiger partial charge in [-0.15, -0.1) is 0 Å². The zero-order valence-corrected chi connectivity index (χ0v) is 15.6. The first kappa shape index (κ1) is 18.2. The molecule has 2 N–H and O–H groups in total. The molecular formula is C22H25NO3. The van der Waals surface area contributed by atoms with Crippen molar-refractivity contribution >= 4 is 17.6 Å². The summed E-state index contributed by atoms with van der Waals surface area (Å²) >= 11 is 0. The monoisotopic (exact) mass is 351 g/mol. The van der Waals surface area contributed by atoms with Gasteiger partial charge >= 0.3 is 5.97 Å². The maximum absolute atomic E-state index is 13.2. The van der Waals surface area contributed by atoms with Crippen LogP contribution in [0.1, 0.15) is 38.8 Å². The minimum absolute atomic E-state index is 0.254. The van der Waals surface area contributed by atoms with Crippen molar-refractivity contribution in [3.8, 4) is 0 Å². The lowest BCUT2D eigenvalue weighted by Gasteiger charge is -2.50. The average molecular weight is 351 g/mol. The van der Waals surface area contributed by atoms with Gasteiger partial charge in [0, 0.05) is 16.5 Å². The van der Waals surface area contributed by atoms with Crippen molar-refractivity contribution in [2.24, 2.45) is 11.8 Å². The summed E-state index contributed by atoms with van der Waals surface area (Å²) in [6.45, 7) is 7.77. The molecule has 0 bridgehead atoms. The van der Waals surface area contributed by atoms with Gasteiger partial charge in [0.1, 0.15) is 0 Å². The molecule has 0 heterocycles. The van der Waals surface area contributed by atoms with E-state index < -0.39 is 28.6 Å². The lowest BCUT2D eigenvalue weighted by atomic mass is 9.52. The zero-order valence-electron chi connectivity index (χ0n) is 15.6. The molecule has 1 aliphatic carbocycles. The Morgan fingerprint density at radius 3 is 1.77 bits per heavy atom. The van der Waals surface area contributed by atoms with Gasteiger partial charge in [-0.1, -0.05) is 70.2 Å². The summed E-state index contributed by atoms with van der Waals surface area (Å²) in [5.41, 5.74) is 1.45. The number of anilines is 1. The van der Waals surface area contributed by atoms with Crippen molar-refractivity contribution in [2.75, 3.05) is 5.32 Å². The Morgan fingerprint density at radius 2 is 1.27 bits per heavy atom. The maximum atomic E-state index is 13.2. The van der Waals surface area contributed by atoms with Gasteiger partial charge in [0.05, 0.1) is 11.8 Å². The van der Waals surface area contributed by atoms with Gasteiger partial charge in [0.15, 0.2) is 0 Å².